The Hall–Kier alpha value is -1.22. The average molecular weight is 242 g/mol. The number of nitrogens with zero attached hydrogens (tertiary/aromatic N) is 1. The van der Waals surface area contributed by atoms with Crippen LogP contribution in [0.2, 0.25) is 5.02 Å². The van der Waals surface area contributed by atoms with Crippen molar-refractivity contribution in [2.75, 3.05) is 11.9 Å². The second kappa shape index (κ2) is 5.21. The number of carboxylic acid groups (broad SMARTS) is 1. The molecule has 4 heteroatoms. The van der Waals surface area contributed by atoms with Gasteiger partial charge in [-0.05, 0) is 25.5 Å². The Morgan fingerprint density at radius 2 is 2.19 bits per heavy atom. The molecule has 0 saturated carbocycles. The van der Waals surface area contributed by atoms with Crippen molar-refractivity contribution >= 4 is 23.3 Å². The van der Waals surface area contributed by atoms with Gasteiger partial charge in [0.15, 0.2) is 0 Å². The molecule has 0 saturated heterocycles. The standard InChI is InChI=1S/C12H16ClNO2/c1-4-8(2)14(3)10-7-5-6-9(13)11(10)12(15)16/h5-8H,4H2,1-3H3,(H,15,16). The van der Waals surface area contributed by atoms with Gasteiger partial charge in [0, 0.05) is 13.1 Å². The Bertz CT molecular complexity index is 393. The van der Waals surface area contributed by atoms with Gasteiger partial charge in [-0.1, -0.05) is 24.6 Å². The summed E-state index contributed by atoms with van der Waals surface area (Å²) in [4.78, 5) is 13.1. The molecule has 0 aliphatic heterocycles. The first-order valence-corrected chi connectivity index (χ1v) is 5.61. The highest BCUT2D eigenvalue weighted by molar-refractivity contribution is 6.34. The summed E-state index contributed by atoms with van der Waals surface area (Å²) >= 11 is 5.91. The van der Waals surface area contributed by atoms with Crippen LogP contribution < -0.4 is 4.90 Å². The molecular formula is C12H16ClNO2. The minimum absolute atomic E-state index is 0.173. The van der Waals surface area contributed by atoms with Crippen molar-refractivity contribution in [3.05, 3.63) is 28.8 Å². The maximum absolute atomic E-state index is 11.1. The van der Waals surface area contributed by atoms with Gasteiger partial charge in [-0.2, -0.15) is 0 Å². The Morgan fingerprint density at radius 1 is 1.56 bits per heavy atom. The molecule has 0 fully saturated rings. The Labute approximate surface area is 101 Å². The molecule has 1 rings (SSSR count). The molecule has 3 nitrogen and oxygen atoms in total. The molecule has 0 aromatic heterocycles. The van der Waals surface area contributed by atoms with E-state index in [4.69, 9.17) is 16.7 Å². The fraction of sp³-hybridized carbons (Fsp3) is 0.417. The van der Waals surface area contributed by atoms with Crippen molar-refractivity contribution in [1.82, 2.24) is 0 Å². The minimum atomic E-state index is -0.990. The zero-order valence-electron chi connectivity index (χ0n) is 9.70. The molecule has 1 atom stereocenters. The molecule has 0 spiro atoms. The van der Waals surface area contributed by atoms with Crippen molar-refractivity contribution in [3.8, 4) is 0 Å². The second-order valence-corrected chi connectivity index (χ2v) is 4.21. The van der Waals surface area contributed by atoms with Gasteiger partial charge in [0.25, 0.3) is 0 Å². The summed E-state index contributed by atoms with van der Waals surface area (Å²) in [6.45, 7) is 4.11. The van der Waals surface area contributed by atoms with E-state index >= 15 is 0 Å². The largest absolute Gasteiger partial charge is 0.478 e. The van der Waals surface area contributed by atoms with Crippen molar-refractivity contribution < 1.29 is 9.90 Å². The number of carboxylic acids is 1. The van der Waals surface area contributed by atoms with E-state index in [2.05, 4.69) is 6.92 Å². The number of rotatable bonds is 4. The van der Waals surface area contributed by atoms with Crippen LogP contribution in [0.1, 0.15) is 30.6 Å². The van der Waals surface area contributed by atoms with Gasteiger partial charge < -0.3 is 10.0 Å². The van der Waals surface area contributed by atoms with Crippen LogP contribution in [0, 0.1) is 0 Å². The normalized spacial score (nSPS) is 12.2. The minimum Gasteiger partial charge on any atom is -0.478 e. The number of carbonyl (C=O) groups is 1. The van der Waals surface area contributed by atoms with Crippen molar-refractivity contribution in [1.29, 1.82) is 0 Å². The predicted octanol–water partition coefficient (Wildman–Crippen LogP) is 3.27. The lowest BCUT2D eigenvalue weighted by Gasteiger charge is -2.27. The molecular weight excluding hydrogens is 226 g/mol. The van der Waals surface area contributed by atoms with Crippen LogP contribution in [0.3, 0.4) is 0 Å². The number of hydrogen-bond acceptors (Lipinski definition) is 2. The molecule has 0 heterocycles. The van der Waals surface area contributed by atoms with Gasteiger partial charge in [-0.15, -0.1) is 0 Å². The highest BCUT2D eigenvalue weighted by Crippen LogP contribution is 2.28. The van der Waals surface area contributed by atoms with Crippen molar-refractivity contribution in [3.63, 3.8) is 0 Å². The molecule has 0 amide bonds. The van der Waals surface area contributed by atoms with Gasteiger partial charge in [0.2, 0.25) is 0 Å². The number of halogens is 1. The van der Waals surface area contributed by atoms with Gasteiger partial charge in [0.05, 0.1) is 10.7 Å². The molecule has 16 heavy (non-hydrogen) atoms. The third kappa shape index (κ3) is 2.47. The lowest BCUT2D eigenvalue weighted by atomic mass is 10.1. The van der Waals surface area contributed by atoms with Crippen LogP contribution in [-0.4, -0.2) is 24.2 Å². The Balaban J connectivity index is 3.22. The van der Waals surface area contributed by atoms with Crippen molar-refractivity contribution in [2.24, 2.45) is 0 Å². The van der Waals surface area contributed by atoms with E-state index in [1.807, 2.05) is 18.9 Å². The molecule has 88 valence electrons. The molecule has 1 aromatic carbocycles. The molecule has 1 unspecified atom stereocenters. The number of aromatic carboxylic acids is 1. The highest BCUT2D eigenvalue weighted by Gasteiger charge is 2.19. The third-order valence-electron chi connectivity index (χ3n) is 2.84. The van der Waals surface area contributed by atoms with E-state index in [1.165, 1.54) is 0 Å². The lowest BCUT2D eigenvalue weighted by Crippen LogP contribution is -2.29. The lowest BCUT2D eigenvalue weighted by molar-refractivity contribution is 0.0697. The topological polar surface area (TPSA) is 40.5 Å². The Kier molecular flexibility index (Phi) is 4.19. The molecule has 1 aromatic rings. The molecule has 0 radical (unpaired) electrons. The summed E-state index contributed by atoms with van der Waals surface area (Å²) in [5.74, 6) is -0.990. The molecule has 0 bridgehead atoms. The van der Waals surface area contributed by atoms with Crippen LogP contribution in [0.5, 0.6) is 0 Å². The fourth-order valence-electron chi connectivity index (χ4n) is 1.53. The zero-order valence-corrected chi connectivity index (χ0v) is 10.5. The first-order valence-electron chi connectivity index (χ1n) is 5.23. The van der Waals surface area contributed by atoms with E-state index in [-0.39, 0.29) is 16.6 Å². The fourth-order valence-corrected chi connectivity index (χ4v) is 1.78. The maximum atomic E-state index is 11.1. The quantitative estimate of drug-likeness (QED) is 0.880. The van der Waals surface area contributed by atoms with E-state index in [1.54, 1.807) is 18.2 Å². The maximum Gasteiger partial charge on any atom is 0.339 e. The summed E-state index contributed by atoms with van der Waals surface area (Å²) in [6.07, 6.45) is 0.947. The number of hydrogen-bond donors (Lipinski definition) is 1. The van der Waals surface area contributed by atoms with Gasteiger partial charge in [-0.3, -0.25) is 0 Å². The summed E-state index contributed by atoms with van der Waals surface area (Å²) in [6, 6.07) is 5.42. The van der Waals surface area contributed by atoms with E-state index in [0.717, 1.165) is 6.42 Å². The summed E-state index contributed by atoms with van der Waals surface area (Å²) in [5, 5.41) is 9.42. The predicted molar refractivity (Wildman–Crippen MR) is 66.6 cm³/mol. The number of benzene rings is 1. The van der Waals surface area contributed by atoms with Crippen LogP contribution in [0.4, 0.5) is 5.69 Å². The van der Waals surface area contributed by atoms with Gasteiger partial charge in [0.1, 0.15) is 5.56 Å². The van der Waals surface area contributed by atoms with E-state index in [9.17, 15) is 4.79 Å². The monoisotopic (exact) mass is 241 g/mol. The SMILES string of the molecule is CCC(C)N(C)c1cccc(Cl)c1C(=O)O. The molecule has 0 aliphatic rings. The first kappa shape index (κ1) is 12.8. The van der Waals surface area contributed by atoms with Gasteiger partial charge in [-0.25, -0.2) is 4.79 Å². The zero-order chi connectivity index (χ0) is 12.3. The Morgan fingerprint density at radius 3 is 2.69 bits per heavy atom. The smallest absolute Gasteiger partial charge is 0.339 e. The van der Waals surface area contributed by atoms with Gasteiger partial charge >= 0.3 is 5.97 Å². The van der Waals surface area contributed by atoms with Crippen LogP contribution in [0.25, 0.3) is 0 Å². The second-order valence-electron chi connectivity index (χ2n) is 3.81. The summed E-state index contributed by atoms with van der Waals surface area (Å²) < 4.78 is 0. The highest BCUT2D eigenvalue weighted by atomic mass is 35.5. The molecule has 1 N–H and O–H groups in total. The summed E-state index contributed by atoms with van der Waals surface area (Å²) in [5.41, 5.74) is 0.835. The van der Waals surface area contributed by atoms with Crippen LogP contribution >= 0.6 is 11.6 Å². The summed E-state index contributed by atoms with van der Waals surface area (Å²) in [7, 11) is 1.88. The third-order valence-corrected chi connectivity index (χ3v) is 3.15. The van der Waals surface area contributed by atoms with E-state index in [0.29, 0.717) is 5.69 Å². The molecule has 0 aliphatic carbocycles. The van der Waals surface area contributed by atoms with Crippen LogP contribution in [0.15, 0.2) is 18.2 Å². The average Bonchev–Trinajstić information content (AvgIpc) is 2.26. The number of anilines is 1. The van der Waals surface area contributed by atoms with Crippen molar-refractivity contribution in [2.45, 2.75) is 26.3 Å². The first-order chi connectivity index (χ1) is 7.49. The van der Waals surface area contributed by atoms with E-state index < -0.39 is 5.97 Å². The van der Waals surface area contributed by atoms with Crippen LogP contribution in [-0.2, 0) is 0 Å².